The molecule has 0 atom stereocenters. The minimum atomic E-state index is -0.0426. The van der Waals surface area contributed by atoms with E-state index in [0.717, 1.165) is 11.3 Å². The van der Waals surface area contributed by atoms with Gasteiger partial charge >= 0.3 is 0 Å². The minimum absolute atomic E-state index is 0.0426. The molecular formula is C35H28N2. The van der Waals surface area contributed by atoms with Crippen molar-refractivity contribution in [2.75, 3.05) is 0 Å². The predicted octanol–water partition coefficient (Wildman–Crippen LogP) is 9.01. The van der Waals surface area contributed by atoms with Gasteiger partial charge in [0.05, 0.1) is 5.52 Å². The average Bonchev–Trinajstić information content (AvgIpc) is 3.67. The van der Waals surface area contributed by atoms with Gasteiger partial charge in [0.25, 0.3) is 0 Å². The topological polar surface area (TPSA) is 17.3 Å². The first-order valence-corrected chi connectivity index (χ1v) is 13.4. The van der Waals surface area contributed by atoms with E-state index in [-0.39, 0.29) is 5.41 Å². The van der Waals surface area contributed by atoms with Crippen molar-refractivity contribution < 1.29 is 0 Å². The van der Waals surface area contributed by atoms with Gasteiger partial charge in [-0.1, -0.05) is 105 Å². The molecule has 178 valence electrons. The van der Waals surface area contributed by atoms with Crippen molar-refractivity contribution in [1.82, 2.24) is 9.61 Å². The standard InChI is InChI=1S/C35H28N2/c1-35(2)29-15-9-8-14-27(29)28-19-18-25(20-30(28)35)32-33(23-10-4-3-5-11-23)36-37-31(22-16-17-22)21-24-12-6-7-13-26(24)34(32)37/h3-15,18-22H,16-17H2,1-2H3. The molecule has 1 saturated carbocycles. The Morgan fingerprint density at radius 3 is 2.27 bits per heavy atom. The van der Waals surface area contributed by atoms with Gasteiger partial charge in [0.2, 0.25) is 0 Å². The summed E-state index contributed by atoms with van der Waals surface area (Å²) in [5.74, 6) is 0.594. The van der Waals surface area contributed by atoms with Crippen LogP contribution in [0.15, 0.2) is 103 Å². The fourth-order valence-corrected chi connectivity index (χ4v) is 6.51. The third-order valence-corrected chi connectivity index (χ3v) is 8.56. The normalized spacial score (nSPS) is 15.7. The van der Waals surface area contributed by atoms with Gasteiger partial charge < -0.3 is 0 Å². The molecule has 0 spiro atoms. The van der Waals surface area contributed by atoms with Gasteiger partial charge in [-0.2, -0.15) is 5.10 Å². The van der Waals surface area contributed by atoms with Gasteiger partial charge in [-0.25, -0.2) is 4.52 Å². The molecular weight excluding hydrogens is 448 g/mol. The van der Waals surface area contributed by atoms with Crippen molar-refractivity contribution in [1.29, 1.82) is 0 Å². The Kier molecular flexibility index (Phi) is 4.21. The summed E-state index contributed by atoms with van der Waals surface area (Å²) in [7, 11) is 0. The second-order valence-electron chi connectivity index (χ2n) is 11.2. The predicted molar refractivity (Wildman–Crippen MR) is 153 cm³/mol. The third kappa shape index (κ3) is 2.96. The Morgan fingerprint density at radius 2 is 1.43 bits per heavy atom. The van der Waals surface area contributed by atoms with Gasteiger partial charge in [-0.15, -0.1) is 0 Å². The molecule has 8 rings (SSSR count). The Balaban J connectivity index is 1.48. The molecule has 0 unspecified atom stereocenters. The van der Waals surface area contributed by atoms with Crippen LogP contribution >= 0.6 is 0 Å². The van der Waals surface area contributed by atoms with Crippen LogP contribution in [0.5, 0.6) is 0 Å². The summed E-state index contributed by atoms with van der Waals surface area (Å²) in [6.07, 6.45) is 2.49. The zero-order valence-corrected chi connectivity index (χ0v) is 21.2. The fraction of sp³-hybridized carbons (Fsp3) is 0.171. The molecule has 2 heterocycles. The maximum absolute atomic E-state index is 5.36. The SMILES string of the molecule is CC1(C)c2ccccc2-c2ccc(-c3c(-c4ccccc4)nn4c(C5CC5)cc5ccccc5c34)cc21. The summed E-state index contributed by atoms with van der Waals surface area (Å²) < 4.78 is 2.27. The lowest BCUT2D eigenvalue weighted by Crippen LogP contribution is -2.14. The van der Waals surface area contributed by atoms with Crippen LogP contribution in [-0.4, -0.2) is 9.61 Å². The summed E-state index contributed by atoms with van der Waals surface area (Å²) in [6.45, 7) is 4.71. The lowest BCUT2D eigenvalue weighted by Gasteiger charge is -2.22. The van der Waals surface area contributed by atoms with E-state index in [4.69, 9.17) is 5.10 Å². The average molecular weight is 477 g/mol. The molecule has 0 amide bonds. The van der Waals surface area contributed by atoms with Crippen molar-refractivity contribution in [2.24, 2.45) is 0 Å². The van der Waals surface area contributed by atoms with E-state index in [1.165, 1.54) is 68.2 Å². The van der Waals surface area contributed by atoms with Crippen LogP contribution < -0.4 is 0 Å². The van der Waals surface area contributed by atoms with Crippen LogP contribution in [0, 0.1) is 0 Å². The molecule has 0 saturated heterocycles. The van der Waals surface area contributed by atoms with E-state index >= 15 is 0 Å². The molecule has 0 N–H and O–H groups in total. The van der Waals surface area contributed by atoms with Crippen molar-refractivity contribution in [3.8, 4) is 33.5 Å². The highest BCUT2D eigenvalue weighted by Crippen LogP contribution is 2.51. The molecule has 2 nitrogen and oxygen atoms in total. The number of benzene rings is 4. The van der Waals surface area contributed by atoms with Crippen LogP contribution in [0.25, 0.3) is 49.8 Å². The summed E-state index contributed by atoms with van der Waals surface area (Å²) >= 11 is 0. The first kappa shape index (κ1) is 21.0. The summed E-state index contributed by atoms with van der Waals surface area (Å²) in [4.78, 5) is 0. The van der Waals surface area contributed by atoms with Crippen molar-refractivity contribution in [2.45, 2.75) is 38.0 Å². The smallest absolute Gasteiger partial charge is 0.101 e. The van der Waals surface area contributed by atoms with E-state index in [0.29, 0.717) is 5.92 Å². The second-order valence-corrected chi connectivity index (χ2v) is 11.2. The molecule has 2 aromatic heterocycles. The summed E-state index contributed by atoms with van der Waals surface area (Å²) in [5, 5.41) is 7.92. The first-order valence-electron chi connectivity index (χ1n) is 13.4. The number of nitrogens with zero attached hydrogens (tertiary/aromatic N) is 2. The highest BCUT2D eigenvalue weighted by molar-refractivity contribution is 6.07. The maximum Gasteiger partial charge on any atom is 0.101 e. The number of aromatic nitrogens is 2. The largest absolute Gasteiger partial charge is 0.236 e. The van der Waals surface area contributed by atoms with Gasteiger partial charge in [-0.3, -0.25) is 0 Å². The number of hydrogen-bond acceptors (Lipinski definition) is 1. The summed E-state index contributed by atoms with van der Waals surface area (Å²) in [6, 6.07) is 37.9. The Bertz CT molecular complexity index is 1850. The zero-order valence-electron chi connectivity index (χ0n) is 21.2. The van der Waals surface area contributed by atoms with Gasteiger partial charge in [0.15, 0.2) is 0 Å². The Hall–Kier alpha value is -4.17. The van der Waals surface area contributed by atoms with E-state index in [1.54, 1.807) is 0 Å². The van der Waals surface area contributed by atoms with Crippen LogP contribution in [0.4, 0.5) is 0 Å². The molecule has 37 heavy (non-hydrogen) atoms. The maximum atomic E-state index is 5.36. The highest BCUT2D eigenvalue weighted by Gasteiger charge is 2.36. The Labute approximate surface area is 217 Å². The van der Waals surface area contributed by atoms with Crippen LogP contribution in [-0.2, 0) is 5.41 Å². The molecule has 0 aliphatic heterocycles. The summed E-state index contributed by atoms with van der Waals surface area (Å²) in [5.41, 5.74) is 12.7. The third-order valence-electron chi connectivity index (χ3n) is 8.56. The molecule has 2 aliphatic rings. The molecule has 0 radical (unpaired) electrons. The monoisotopic (exact) mass is 476 g/mol. The number of rotatable bonds is 3. The lowest BCUT2D eigenvalue weighted by atomic mass is 9.81. The highest BCUT2D eigenvalue weighted by atomic mass is 15.2. The molecule has 2 aliphatic carbocycles. The van der Waals surface area contributed by atoms with Crippen LogP contribution in [0.1, 0.15) is 49.4 Å². The van der Waals surface area contributed by atoms with Crippen LogP contribution in [0.3, 0.4) is 0 Å². The van der Waals surface area contributed by atoms with Crippen molar-refractivity contribution in [3.63, 3.8) is 0 Å². The Morgan fingerprint density at radius 1 is 0.703 bits per heavy atom. The van der Waals surface area contributed by atoms with E-state index in [2.05, 4.69) is 121 Å². The second kappa shape index (κ2) is 7.43. The molecule has 0 bridgehead atoms. The molecule has 2 heteroatoms. The minimum Gasteiger partial charge on any atom is -0.236 e. The van der Waals surface area contributed by atoms with Crippen molar-refractivity contribution >= 4 is 16.3 Å². The van der Waals surface area contributed by atoms with E-state index < -0.39 is 0 Å². The van der Waals surface area contributed by atoms with E-state index in [9.17, 15) is 0 Å². The van der Waals surface area contributed by atoms with E-state index in [1.807, 2.05) is 0 Å². The number of pyridine rings is 1. The lowest BCUT2D eigenvalue weighted by molar-refractivity contribution is 0.660. The number of hydrogen-bond donors (Lipinski definition) is 0. The fourth-order valence-electron chi connectivity index (χ4n) is 6.51. The van der Waals surface area contributed by atoms with Gasteiger partial charge in [0.1, 0.15) is 5.69 Å². The first-order chi connectivity index (χ1) is 18.1. The molecule has 1 fully saturated rings. The molecule has 6 aromatic rings. The zero-order chi connectivity index (χ0) is 24.7. The quantitative estimate of drug-likeness (QED) is 0.249. The van der Waals surface area contributed by atoms with Gasteiger partial charge in [-0.05, 0) is 58.2 Å². The number of fused-ring (bicyclic) bond motifs is 6. The van der Waals surface area contributed by atoms with Gasteiger partial charge in [0, 0.05) is 33.5 Å². The van der Waals surface area contributed by atoms with Crippen molar-refractivity contribution in [3.05, 3.63) is 120 Å². The van der Waals surface area contributed by atoms with Crippen LogP contribution in [0.2, 0.25) is 0 Å². The molecule has 4 aromatic carbocycles.